The van der Waals surface area contributed by atoms with Crippen molar-refractivity contribution < 1.29 is 20.4 Å². The van der Waals surface area contributed by atoms with Gasteiger partial charge in [0, 0.05) is 95.5 Å². The molecule has 0 aromatic heterocycles. The van der Waals surface area contributed by atoms with E-state index in [9.17, 15) is 20.4 Å². The number of guanidine groups is 1. The molecule has 8 rings (SSSR count). The summed E-state index contributed by atoms with van der Waals surface area (Å²) in [5, 5.41) is 46.3. The Labute approximate surface area is 467 Å². The first-order valence-electron chi connectivity index (χ1n) is 29.3. The molecule has 5 unspecified atom stereocenters. The van der Waals surface area contributed by atoms with Gasteiger partial charge in [-0.25, -0.2) is 4.99 Å². The molecule has 0 bridgehead atoms. The summed E-state index contributed by atoms with van der Waals surface area (Å²) in [4.78, 5) is 30.9. The van der Waals surface area contributed by atoms with E-state index >= 15 is 0 Å². The van der Waals surface area contributed by atoms with Gasteiger partial charge in [0.2, 0.25) is 0 Å². The fraction of sp³-hybridized carbons (Fsp3) is 0.567. The Hall–Kier alpha value is -5.97. The van der Waals surface area contributed by atoms with Crippen molar-refractivity contribution in [3.8, 4) is 23.0 Å². The van der Waals surface area contributed by atoms with E-state index in [1.807, 2.05) is 37.0 Å². The molecule has 0 amide bonds. The molecule has 4 aromatic carbocycles. The van der Waals surface area contributed by atoms with Crippen molar-refractivity contribution in [1.82, 2.24) is 9.80 Å². The molecule has 2 heterocycles. The van der Waals surface area contributed by atoms with E-state index < -0.39 is 0 Å². The smallest absolute Gasteiger partial charge is 0.197 e. The van der Waals surface area contributed by atoms with Crippen molar-refractivity contribution in [2.75, 3.05) is 19.6 Å². The van der Waals surface area contributed by atoms with E-state index in [2.05, 4.69) is 143 Å². The van der Waals surface area contributed by atoms with Crippen molar-refractivity contribution in [1.29, 1.82) is 0 Å². The zero-order chi connectivity index (χ0) is 56.5. The number of aliphatic imine (C=N–C) groups is 5. The Morgan fingerprint density at radius 3 is 1.21 bits per heavy atom. The summed E-state index contributed by atoms with van der Waals surface area (Å²) < 4.78 is 0. The molecular formula is C67H93N7O4. The molecule has 2 saturated carbocycles. The lowest BCUT2D eigenvalue weighted by atomic mass is 9.83. The van der Waals surface area contributed by atoms with Crippen LogP contribution in [0.5, 0.6) is 23.0 Å². The molecular weight excluding hydrogens is 967 g/mol. The van der Waals surface area contributed by atoms with Gasteiger partial charge in [0.25, 0.3) is 0 Å². The van der Waals surface area contributed by atoms with Crippen LogP contribution in [-0.4, -0.2) is 111 Å². The predicted octanol–water partition coefficient (Wildman–Crippen LogP) is 13.9. The number of phenols is 4. The molecule has 4 N–H and O–H groups in total. The molecule has 11 heteroatoms. The first-order valence-corrected chi connectivity index (χ1v) is 29.3. The summed E-state index contributed by atoms with van der Waals surface area (Å²) in [7, 11) is 0. The van der Waals surface area contributed by atoms with Crippen LogP contribution in [0.25, 0.3) is 0 Å². The standard InChI is InChI=1S/C67H93N7O4/c1-42-28-46(59(75)51(30-42)64(3,4)5)37-68-55-20-15-17-22-57(55)70-39-48-32-44(35-53(61(48)77)66(9,10)11)34-50-24-27-73-25-19-26-74(63(73)72-50)41-45-33-49(62(78)54(36-45)67(12,13)14)40-71-58-23-18-16-21-56(58)69-38-47-29-43(2)31-52(60(47)76)65(6,7)8/h28-33,35-40,50,55-58,75-78H,15-27,34,41H2,1-14H3. The number of fused-ring (bicyclic) bond motifs is 1. The van der Waals surface area contributed by atoms with Crippen LogP contribution in [-0.2, 0) is 34.6 Å². The second-order valence-corrected chi connectivity index (χ2v) is 27.5. The maximum absolute atomic E-state index is 11.9. The summed E-state index contributed by atoms with van der Waals surface area (Å²) in [6.45, 7) is 33.2. The lowest BCUT2D eigenvalue weighted by molar-refractivity contribution is 0.228. The summed E-state index contributed by atoms with van der Waals surface area (Å²) >= 11 is 0. The van der Waals surface area contributed by atoms with Gasteiger partial charge in [0.1, 0.15) is 23.0 Å². The van der Waals surface area contributed by atoms with E-state index in [1.54, 1.807) is 0 Å². The Kier molecular flexibility index (Phi) is 17.4. The third-order valence-electron chi connectivity index (χ3n) is 16.5. The van der Waals surface area contributed by atoms with Gasteiger partial charge in [-0.05, 0) is 133 Å². The first-order chi connectivity index (χ1) is 36.6. The van der Waals surface area contributed by atoms with Crippen LogP contribution in [0, 0.1) is 13.8 Å². The van der Waals surface area contributed by atoms with Gasteiger partial charge in [0.05, 0.1) is 30.2 Å². The molecule has 4 aromatic rings. The van der Waals surface area contributed by atoms with Crippen LogP contribution in [0.1, 0.15) is 214 Å². The summed E-state index contributed by atoms with van der Waals surface area (Å²) in [6, 6.07) is 16.7. The number of rotatable bonds is 12. The highest BCUT2D eigenvalue weighted by atomic mass is 16.3. The lowest BCUT2D eigenvalue weighted by Gasteiger charge is -2.43. The quantitative estimate of drug-likeness (QED) is 0.104. The van der Waals surface area contributed by atoms with Crippen molar-refractivity contribution in [3.05, 3.63) is 115 Å². The maximum atomic E-state index is 11.9. The fourth-order valence-corrected chi connectivity index (χ4v) is 12.1. The fourth-order valence-electron chi connectivity index (χ4n) is 12.1. The normalized spacial score (nSPS) is 22.1. The minimum absolute atomic E-state index is 0.0223. The number of nitrogens with zero attached hydrogens (tertiary/aromatic N) is 7. The molecule has 11 nitrogen and oxygen atoms in total. The SMILES string of the molecule is Cc1cc(C=NC2CCCCC2N=Cc2cc(CC3CCN4CCCN(Cc5cc(C=NC6CCCCC6N=Cc6cc(C)cc(C(C)(C)C)c6O)c(O)c(C(C)(C)C)c5)C4=N3)cc(C(C)(C)C)c2O)c(O)c(C(C)(C)C)c1. The number of aryl methyl sites for hydroxylation is 2. The highest BCUT2D eigenvalue weighted by molar-refractivity contribution is 5.88. The van der Waals surface area contributed by atoms with E-state index in [1.165, 1.54) is 0 Å². The molecule has 420 valence electrons. The molecule has 78 heavy (non-hydrogen) atoms. The monoisotopic (exact) mass is 1060 g/mol. The Morgan fingerprint density at radius 2 is 0.808 bits per heavy atom. The Morgan fingerprint density at radius 1 is 0.449 bits per heavy atom. The van der Waals surface area contributed by atoms with Gasteiger partial charge < -0.3 is 30.2 Å². The van der Waals surface area contributed by atoms with E-state index in [-0.39, 0.29) is 63.4 Å². The van der Waals surface area contributed by atoms with Crippen molar-refractivity contribution in [3.63, 3.8) is 0 Å². The highest BCUT2D eigenvalue weighted by Crippen LogP contribution is 2.39. The molecule has 0 spiro atoms. The second kappa shape index (κ2) is 23.4. The summed E-state index contributed by atoms with van der Waals surface area (Å²) in [6.07, 6.45) is 18.2. The van der Waals surface area contributed by atoms with Crippen molar-refractivity contribution in [2.45, 2.75) is 226 Å². The highest BCUT2D eigenvalue weighted by Gasteiger charge is 2.33. The number of phenolic OH excluding ortho intramolecular Hbond substituents is 4. The van der Waals surface area contributed by atoms with E-state index in [0.29, 0.717) is 18.0 Å². The number of hydrogen-bond donors (Lipinski definition) is 4. The molecule has 2 aliphatic carbocycles. The van der Waals surface area contributed by atoms with Gasteiger partial charge in [-0.15, -0.1) is 0 Å². The molecule has 5 atom stereocenters. The molecule has 3 fully saturated rings. The average Bonchev–Trinajstić information content (AvgIpc) is 3.45. The molecule has 2 aliphatic heterocycles. The third kappa shape index (κ3) is 13.9. The number of benzene rings is 4. The zero-order valence-electron chi connectivity index (χ0n) is 49.8. The summed E-state index contributed by atoms with van der Waals surface area (Å²) in [5.41, 5.74) is 10.0. The van der Waals surface area contributed by atoms with Crippen LogP contribution in [0.2, 0.25) is 0 Å². The van der Waals surface area contributed by atoms with Crippen LogP contribution in [0.15, 0.2) is 73.5 Å². The van der Waals surface area contributed by atoms with Crippen LogP contribution >= 0.6 is 0 Å². The number of hydrogen-bond acceptors (Lipinski definition) is 11. The van der Waals surface area contributed by atoms with Crippen LogP contribution < -0.4 is 0 Å². The largest absolute Gasteiger partial charge is 0.507 e. The minimum atomic E-state index is -0.307. The average molecular weight is 1060 g/mol. The second-order valence-electron chi connectivity index (χ2n) is 27.5. The van der Waals surface area contributed by atoms with Crippen molar-refractivity contribution >= 4 is 30.8 Å². The van der Waals surface area contributed by atoms with Crippen LogP contribution in [0.4, 0.5) is 0 Å². The summed E-state index contributed by atoms with van der Waals surface area (Å²) in [5.74, 6) is 2.17. The Bertz CT molecular complexity index is 2960. The maximum Gasteiger partial charge on any atom is 0.197 e. The van der Waals surface area contributed by atoms with Crippen LogP contribution in [0.3, 0.4) is 0 Å². The lowest BCUT2D eigenvalue weighted by Crippen LogP contribution is -2.53. The van der Waals surface area contributed by atoms with Crippen molar-refractivity contribution in [2.24, 2.45) is 25.0 Å². The zero-order valence-corrected chi connectivity index (χ0v) is 49.8. The van der Waals surface area contributed by atoms with E-state index in [0.717, 1.165) is 163 Å². The molecule has 1 saturated heterocycles. The van der Waals surface area contributed by atoms with Gasteiger partial charge in [-0.1, -0.05) is 127 Å². The third-order valence-corrected chi connectivity index (χ3v) is 16.5. The Balaban J connectivity index is 1.02. The van der Waals surface area contributed by atoms with Gasteiger partial charge >= 0.3 is 0 Å². The van der Waals surface area contributed by atoms with E-state index in [4.69, 9.17) is 25.0 Å². The predicted molar refractivity (Wildman–Crippen MR) is 325 cm³/mol. The first kappa shape index (κ1) is 58.2. The van der Waals surface area contributed by atoms with Gasteiger partial charge in [-0.2, -0.15) is 0 Å². The molecule has 0 radical (unpaired) electrons. The number of aromatic hydroxyl groups is 4. The van der Waals surface area contributed by atoms with Gasteiger partial charge in [-0.3, -0.25) is 20.0 Å². The minimum Gasteiger partial charge on any atom is -0.507 e. The molecule has 4 aliphatic rings. The topological polar surface area (TPSA) is 149 Å². The van der Waals surface area contributed by atoms with Gasteiger partial charge in [0.15, 0.2) is 5.96 Å².